The number of amides is 2. The van der Waals surface area contributed by atoms with Crippen LogP contribution in [0, 0.1) is 0 Å². The fourth-order valence-electron chi connectivity index (χ4n) is 2.69. The molecule has 0 aliphatic rings. The molecule has 26 heavy (non-hydrogen) atoms. The number of rotatable bonds is 4. The summed E-state index contributed by atoms with van der Waals surface area (Å²) in [5.41, 5.74) is 6.28. The largest absolute Gasteiger partial charge is 0.365 e. The topological polar surface area (TPSA) is 98.2 Å². The van der Waals surface area contributed by atoms with Crippen LogP contribution in [0.1, 0.15) is 20.7 Å². The predicted octanol–water partition coefficient (Wildman–Crippen LogP) is 3.91. The number of hydrogen-bond acceptors (Lipinski definition) is 5. The lowest BCUT2D eigenvalue weighted by molar-refractivity contribution is 0.100. The van der Waals surface area contributed by atoms with E-state index in [4.69, 9.17) is 10.3 Å². The van der Waals surface area contributed by atoms with Crippen molar-refractivity contribution in [3.63, 3.8) is 0 Å². The lowest BCUT2D eigenvalue weighted by Gasteiger charge is -2.05. The van der Waals surface area contributed by atoms with Crippen molar-refractivity contribution in [2.24, 2.45) is 5.73 Å². The zero-order valence-electron chi connectivity index (χ0n) is 13.4. The summed E-state index contributed by atoms with van der Waals surface area (Å²) in [5, 5.41) is 10.3. The number of fused-ring (bicyclic) bond motifs is 1. The van der Waals surface area contributed by atoms with Crippen LogP contribution in [0.5, 0.6) is 0 Å². The molecule has 0 saturated heterocycles. The molecule has 0 atom stereocenters. The van der Waals surface area contributed by atoms with E-state index >= 15 is 0 Å². The number of aromatic nitrogens is 1. The Kier molecular flexibility index (Phi) is 3.98. The normalized spacial score (nSPS) is 10.8. The second-order valence-electron chi connectivity index (χ2n) is 5.59. The Morgan fingerprint density at radius 2 is 1.85 bits per heavy atom. The van der Waals surface area contributed by atoms with Gasteiger partial charge < -0.3 is 10.3 Å². The minimum Gasteiger partial charge on any atom is -0.365 e. The van der Waals surface area contributed by atoms with E-state index in [0.29, 0.717) is 11.3 Å². The molecule has 2 aromatic heterocycles. The highest BCUT2D eigenvalue weighted by Crippen LogP contribution is 2.31. The number of benzene rings is 2. The summed E-state index contributed by atoms with van der Waals surface area (Å²) in [4.78, 5) is 25.2. The molecule has 0 radical (unpaired) electrons. The van der Waals surface area contributed by atoms with Gasteiger partial charge in [-0.2, -0.15) is 0 Å². The van der Waals surface area contributed by atoms with Gasteiger partial charge >= 0.3 is 0 Å². The molecule has 0 bridgehead atoms. The maximum Gasteiger partial charge on any atom is 0.258 e. The van der Waals surface area contributed by atoms with Crippen molar-refractivity contribution in [3.05, 3.63) is 71.1 Å². The van der Waals surface area contributed by atoms with Gasteiger partial charge in [0.15, 0.2) is 0 Å². The number of thiophene rings is 1. The van der Waals surface area contributed by atoms with Gasteiger partial charge in [0.1, 0.15) is 11.3 Å². The van der Waals surface area contributed by atoms with Crippen LogP contribution in [-0.2, 0) is 0 Å². The molecule has 0 spiro atoms. The molecule has 7 heteroatoms. The zero-order valence-corrected chi connectivity index (χ0v) is 14.2. The van der Waals surface area contributed by atoms with Gasteiger partial charge in [0.25, 0.3) is 11.8 Å². The van der Waals surface area contributed by atoms with E-state index in [1.165, 1.54) is 11.3 Å². The molecule has 128 valence electrons. The summed E-state index contributed by atoms with van der Waals surface area (Å²) >= 11 is 1.39. The van der Waals surface area contributed by atoms with Crippen LogP contribution < -0.4 is 11.1 Å². The van der Waals surface area contributed by atoms with Crippen molar-refractivity contribution in [2.75, 3.05) is 5.32 Å². The Bertz CT molecular complexity index is 1120. The van der Waals surface area contributed by atoms with Gasteiger partial charge in [-0.25, -0.2) is 0 Å². The Morgan fingerprint density at radius 1 is 1.04 bits per heavy atom. The van der Waals surface area contributed by atoms with E-state index in [1.54, 1.807) is 18.2 Å². The van der Waals surface area contributed by atoms with E-state index in [2.05, 4.69) is 10.5 Å². The maximum absolute atomic E-state index is 12.6. The van der Waals surface area contributed by atoms with Gasteiger partial charge in [-0.05, 0) is 34.4 Å². The molecule has 0 saturated carbocycles. The predicted molar refractivity (Wildman–Crippen MR) is 100 cm³/mol. The van der Waals surface area contributed by atoms with Crippen molar-refractivity contribution >= 4 is 39.8 Å². The minimum atomic E-state index is -0.719. The lowest BCUT2D eigenvalue weighted by atomic mass is 10.1. The SMILES string of the molecule is NC(=O)c1c(-c2cccs2)noc1NC(=O)c1ccc2ccccc2c1. The number of nitrogens with one attached hydrogen (secondary N) is 1. The molecule has 4 rings (SSSR count). The summed E-state index contributed by atoms with van der Waals surface area (Å²) in [7, 11) is 0. The van der Waals surface area contributed by atoms with E-state index in [1.807, 2.05) is 41.8 Å². The minimum absolute atomic E-state index is 0.0564. The standard InChI is InChI=1S/C19H13N3O3S/c20-17(23)15-16(14-6-3-9-26-14)22-25-19(15)21-18(24)13-8-7-11-4-1-2-5-12(11)10-13/h1-10H,(H2,20,23)(H,21,24). The Labute approximate surface area is 152 Å². The second-order valence-corrected chi connectivity index (χ2v) is 6.54. The van der Waals surface area contributed by atoms with Gasteiger partial charge in [0, 0.05) is 5.56 Å². The highest BCUT2D eigenvalue weighted by atomic mass is 32.1. The molecule has 2 amide bonds. The van der Waals surface area contributed by atoms with E-state index in [-0.39, 0.29) is 11.4 Å². The Balaban J connectivity index is 1.68. The van der Waals surface area contributed by atoms with Crippen LogP contribution in [0.2, 0.25) is 0 Å². The average Bonchev–Trinajstić information content (AvgIpc) is 3.30. The van der Waals surface area contributed by atoms with Crippen molar-refractivity contribution in [1.82, 2.24) is 5.16 Å². The second kappa shape index (κ2) is 6.45. The summed E-state index contributed by atoms with van der Waals surface area (Å²) in [5.74, 6) is -1.19. The van der Waals surface area contributed by atoms with Crippen LogP contribution in [0.15, 0.2) is 64.5 Å². The quantitative estimate of drug-likeness (QED) is 0.574. The molecule has 0 aliphatic carbocycles. The summed E-state index contributed by atoms with van der Waals surface area (Å²) in [6, 6.07) is 16.7. The van der Waals surface area contributed by atoms with Gasteiger partial charge in [-0.15, -0.1) is 11.3 Å². The van der Waals surface area contributed by atoms with Crippen LogP contribution in [-0.4, -0.2) is 17.0 Å². The molecule has 6 nitrogen and oxygen atoms in total. The third-order valence-corrected chi connectivity index (χ3v) is 4.81. The molecule has 0 fully saturated rings. The fourth-order valence-corrected chi connectivity index (χ4v) is 3.40. The monoisotopic (exact) mass is 363 g/mol. The highest BCUT2D eigenvalue weighted by molar-refractivity contribution is 7.13. The summed E-state index contributed by atoms with van der Waals surface area (Å²) < 4.78 is 5.18. The fraction of sp³-hybridized carbons (Fsp3) is 0. The molecule has 0 unspecified atom stereocenters. The van der Waals surface area contributed by atoms with Crippen molar-refractivity contribution in [3.8, 4) is 10.6 Å². The van der Waals surface area contributed by atoms with Crippen LogP contribution in [0.4, 0.5) is 5.88 Å². The highest BCUT2D eigenvalue weighted by Gasteiger charge is 2.24. The van der Waals surface area contributed by atoms with E-state index in [0.717, 1.165) is 15.6 Å². The number of nitrogens with zero attached hydrogens (tertiary/aromatic N) is 1. The summed E-state index contributed by atoms with van der Waals surface area (Å²) in [6.45, 7) is 0. The first-order valence-corrected chi connectivity index (χ1v) is 8.65. The van der Waals surface area contributed by atoms with Crippen molar-refractivity contribution in [2.45, 2.75) is 0 Å². The number of anilines is 1. The molecule has 3 N–H and O–H groups in total. The molecule has 2 heterocycles. The first-order valence-electron chi connectivity index (χ1n) is 7.77. The van der Waals surface area contributed by atoms with Crippen LogP contribution in [0.25, 0.3) is 21.3 Å². The first-order chi connectivity index (χ1) is 12.6. The van der Waals surface area contributed by atoms with Crippen molar-refractivity contribution < 1.29 is 14.1 Å². The third-order valence-electron chi connectivity index (χ3n) is 3.93. The third kappa shape index (κ3) is 2.84. The van der Waals surface area contributed by atoms with Crippen molar-refractivity contribution in [1.29, 1.82) is 0 Å². The number of carbonyl (C=O) groups is 2. The van der Waals surface area contributed by atoms with Crippen LogP contribution in [0.3, 0.4) is 0 Å². The number of nitrogens with two attached hydrogens (primary N) is 1. The molecular weight excluding hydrogens is 350 g/mol. The van der Waals surface area contributed by atoms with Gasteiger partial charge in [0.05, 0.1) is 4.88 Å². The Hall–Kier alpha value is -3.45. The molecule has 2 aromatic carbocycles. The number of carbonyl (C=O) groups excluding carboxylic acids is 2. The zero-order chi connectivity index (χ0) is 18.1. The first kappa shape index (κ1) is 16.0. The Morgan fingerprint density at radius 3 is 2.58 bits per heavy atom. The van der Waals surface area contributed by atoms with Gasteiger partial charge in [0.2, 0.25) is 5.88 Å². The summed E-state index contributed by atoms with van der Waals surface area (Å²) in [6.07, 6.45) is 0. The molecular formula is C19H13N3O3S. The van der Waals surface area contributed by atoms with Crippen LogP contribution >= 0.6 is 11.3 Å². The maximum atomic E-state index is 12.6. The number of primary amides is 1. The van der Waals surface area contributed by atoms with E-state index < -0.39 is 11.8 Å². The number of hydrogen-bond donors (Lipinski definition) is 2. The van der Waals surface area contributed by atoms with E-state index in [9.17, 15) is 9.59 Å². The van der Waals surface area contributed by atoms with Gasteiger partial charge in [-0.1, -0.05) is 41.6 Å². The molecule has 4 aromatic rings. The molecule has 0 aliphatic heterocycles. The lowest BCUT2D eigenvalue weighted by Crippen LogP contribution is -2.17. The average molecular weight is 363 g/mol. The smallest absolute Gasteiger partial charge is 0.258 e. The van der Waals surface area contributed by atoms with Gasteiger partial charge in [-0.3, -0.25) is 14.9 Å².